The third-order valence-corrected chi connectivity index (χ3v) is 4.56. The maximum Gasteiger partial charge on any atom is 0.251 e. The van der Waals surface area contributed by atoms with E-state index in [2.05, 4.69) is 10.0 Å². The van der Waals surface area contributed by atoms with Crippen LogP contribution in [-0.4, -0.2) is 33.7 Å². The molecule has 116 valence electrons. The van der Waals surface area contributed by atoms with E-state index in [1.54, 1.807) is 12.1 Å². The van der Waals surface area contributed by atoms with Gasteiger partial charge in [0.25, 0.3) is 5.91 Å². The average molecular weight is 318 g/mol. The van der Waals surface area contributed by atoms with E-state index < -0.39 is 10.0 Å². The van der Waals surface area contributed by atoms with Crippen LogP contribution in [0.25, 0.3) is 11.1 Å². The Bertz CT molecular complexity index is 743. The molecule has 0 fully saturated rings. The van der Waals surface area contributed by atoms with Gasteiger partial charge >= 0.3 is 0 Å². The Kier molecular flexibility index (Phi) is 5.30. The van der Waals surface area contributed by atoms with Crippen molar-refractivity contribution < 1.29 is 13.2 Å². The Morgan fingerprint density at radius 2 is 1.68 bits per heavy atom. The summed E-state index contributed by atoms with van der Waals surface area (Å²) in [6.07, 6.45) is 0. The SMILES string of the molecule is CNS(=O)(=O)CCNC(=O)c1cccc(-c2ccccc2)c1. The van der Waals surface area contributed by atoms with Gasteiger partial charge in [0.05, 0.1) is 5.75 Å². The Hall–Kier alpha value is -2.18. The number of benzene rings is 2. The third-order valence-electron chi connectivity index (χ3n) is 3.20. The maximum absolute atomic E-state index is 12.1. The molecule has 0 saturated carbocycles. The van der Waals surface area contributed by atoms with Gasteiger partial charge in [0.2, 0.25) is 10.0 Å². The fourth-order valence-corrected chi connectivity index (χ4v) is 2.55. The quantitative estimate of drug-likeness (QED) is 0.850. The van der Waals surface area contributed by atoms with E-state index in [0.717, 1.165) is 11.1 Å². The van der Waals surface area contributed by atoms with E-state index in [1.165, 1.54) is 7.05 Å². The molecule has 5 nitrogen and oxygen atoms in total. The van der Waals surface area contributed by atoms with Gasteiger partial charge in [-0.1, -0.05) is 42.5 Å². The molecule has 2 aromatic carbocycles. The summed E-state index contributed by atoms with van der Waals surface area (Å²) in [4.78, 5) is 12.1. The first-order chi connectivity index (χ1) is 10.5. The molecule has 0 bridgehead atoms. The first-order valence-corrected chi connectivity index (χ1v) is 8.52. The second-order valence-electron chi connectivity index (χ2n) is 4.73. The summed E-state index contributed by atoms with van der Waals surface area (Å²) < 4.78 is 24.8. The Labute approximate surface area is 130 Å². The number of hydrogen-bond acceptors (Lipinski definition) is 3. The zero-order valence-corrected chi connectivity index (χ0v) is 13.1. The lowest BCUT2D eigenvalue weighted by Crippen LogP contribution is -2.32. The Morgan fingerprint density at radius 1 is 1.00 bits per heavy atom. The summed E-state index contributed by atoms with van der Waals surface area (Å²) in [5.41, 5.74) is 2.47. The molecule has 0 atom stereocenters. The molecule has 0 heterocycles. The van der Waals surface area contributed by atoms with Crippen molar-refractivity contribution in [3.8, 4) is 11.1 Å². The number of sulfonamides is 1. The van der Waals surface area contributed by atoms with Crippen molar-refractivity contribution in [3.63, 3.8) is 0 Å². The Balaban J connectivity index is 2.05. The van der Waals surface area contributed by atoms with Gasteiger partial charge in [0.1, 0.15) is 0 Å². The number of amides is 1. The molecule has 2 aromatic rings. The van der Waals surface area contributed by atoms with Crippen molar-refractivity contribution >= 4 is 15.9 Å². The van der Waals surface area contributed by atoms with Crippen LogP contribution in [0.3, 0.4) is 0 Å². The molecular formula is C16H18N2O3S. The van der Waals surface area contributed by atoms with Crippen LogP contribution in [0.15, 0.2) is 54.6 Å². The van der Waals surface area contributed by atoms with E-state index in [4.69, 9.17) is 0 Å². The second-order valence-corrected chi connectivity index (χ2v) is 6.77. The van der Waals surface area contributed by atoms with Crippen LogP contribution >= 0.6 is 0 Å². The maximum atomic E-state index is 12.1. The number of hydrogen-bond donors (Lipinski definition) is 2. The molecular weight excluding hydrogens is 300 g/mol. The summed E-state index contributed by atoms with van der Waals surface area (Å²) in [6, 6.07) is 17.0. The minimum Gasteiger partial charge on any atom is -0.351 e. The van der Waals surface area contributed by atoms with E-state index in [0.29, 0.717) is 5.56 Å². The van der Waals surface area contributed by atoms with Crippen LogP contribution in [0.4, 0.5) is 0 Å². The zero-order chi connectivity index (χ0) is 16.0. The lowest BCUT2D eigenvalue weighted by molar-refractivity contribution is 0.0956. The largest absolute Gasteiger partial charge is 0.351 e. The molecule has 2 N–H and O–H groups in total. The summed E-state index contributed by atoms with van der Waals surface area (Å²) in [6.45, 7) is 0.0670. The van der Waals surface area contributed by atoms with Gasteiger partial charge in [0.15, 0.2) is 0 Å². The highest BCUT2D eigenvalue weighted by atomic mass is 32.2. The zero-order valence-electron chi connectivity index (χ0n) is 12.2. The minimum atomic E-state index is -3.31. The highest BCUT2D eigenvalue weighted by molar-refractivity contribution is 7.89. The van der Waals surface area contributed by atoms with Crippen LogP contribution in [-0.2, 0) is 10.0 Å². The molecule has 0 aliphatic carbocycles. The van der Waals surface area contributed by atoms with Crippen molar-refractivity contribution in [1.29, 1.82) is 0 Å². The van der Waals surface area contributed by atoms with Gasteiger partial charge < -0.3 is 5.32 Å². The van der Waals surface area contributed by atoms with Gasteiger partial charge in [-0.25, -0.2) is 13.1 Å². The topological polar surface area (TPSA) is 75.3 Å². The van der Waals surface area contributed by atoms with Crippen molar-refractivity contribution in [3.05, 3.63) is 60.2 Å². The number of nitrogens with one attached hydrogen (secondary N) is 2. The fourth-order valence-electron chi connectivity index (χ4n) is 1.97. The van der Waals surface area contributed by atoms with Crippen LogP contribution in [0, 0.1) is 0 Å². The molecule has 0 saturated heterocycles. The van der Waals surface area contributed by atoms with Crippen LogP contribution in [0.1, 0.15) is 10.4 Å². The molecule has 0 aromatic heterocycles. The number of carbonyl (C=O) groups is 1. The first kappa shape index (κ1) is 16.2. The van der Waals surface area contributed by atoms with Gasteiger partial charge in [0, 0.05) is 12.1 Å². The molecule has 6 heteroatoms. The number of carbonyl (C=O) groups excluding carboxylic acids is 1. The Morgan fingerprint density at radius 3 is 2.36 bits per heavy atom. The molecule has 1 amide bonds. The molecule has 0 spiro atoms. The molecule has 2 rings (SSSR count). The molecule has 0 radical (unpaired) electrons. The minimum absolute atomic E-state index is 0.0670. The van der Waals surface area contributed by atoms with Crippen LogP contribution in [0.5, 0.6) is 0 Å². The predicted octanol–water partition coefficient (Wildman–Crippen LogP) is 1.63. The summed E-state index contributed by atoms with van der Waals surface area (Å²) in [5.74, 6) is -0.433. The molecule has 0 aliphatic rings. The standard InChI is InChI=1S/C16H18N2O3S/c1-17-22(20,21)11-10-18-16(19)15-9-5-8-14(12-15)13-6-3-2-4-7-13/h2-9,12,17H,10-11H2,1H3,(H,18,19). The summed E-state index contributed by atoms with van der Waals surface area (Å²) in [7, 11) is -1.97. The highest BCUT2D eigenvalue weighted by Crippen LogP contribution is 2.19. The van der Waals surface area contributed by atoms with Crippen molar-refractivity contribution in [2.24, 2.45) is 0 Å². The lowest BCUT2D eigenvalue weighted by atomic mass is 10.0. The average Bonchev–Trinajstić information content (AvgIpc) is 2.55. The molecule has 0 aliphatic heterocycles. The summed E-state index contributed by atoms with van der Waals surface area (Å²) in [5, 5.41) is 2.61. The number of rotatable bonds is 6. The predicted molar refractivity (Wildman–Crippen MR) is 87.1 cm³/mol. The monoisotopic (exact) mass is 318 g/mol. The van der Waals surface area contributed by atoms with E-state index in [9.17, 15) is 13.2 Å². The normalized spacial score (nSPS) is 11.1. The van der Waals surface area contributed by atoms with Gasteiger partial charge in [-0.3, -0.25) is 4.79 Å². The van der Waals surface area contributed by atoms with Crippen LogP contribution < -0.4 is 10.0 Å². The first-order valence-electron chi connectivity index (χ1n) is 6.87. The van der Waals surface area contributed by atoms with Gasteiger partial charge in [-0.05, 0) is 30.3 Å². The lowest BCUT2D eigenvalue weighted by Gasteiger charge is -2.07. The van der Waals surface area contributed by atoms with E-state index >= 15 is 0 Å². The van der Waals surface area contributed by atoms with Gasteiger partial charge in [-0.15, -0.1) is 0 Å². The molecule has 0 unspecified atom stereocenters. The van der Waals surface area contributed by atoms with Crippen LogP contribution in [0.2, 0.25) is 0 Å². The fraction of sp³-hybridized carbons (Fsp3) is 0.188. The van der Waals surface area contributed by atoms with E-state index in [-0.39, 0.29) is 18.2 Å². The van der Waals surface area contributed by atoms with Gasteiger partial charge in [-0.2, -0.15) is 0 Å². The van der Waals surface area contributed by atoms with Crippen molar-refractivity contribution in [2.75, 3.05) is 19.3 Å². The van der Waals surface area contributed by atoms with Crippen molar-refractivity contribution in [2.45, 2.75) is 0 Å². The molecule has 22 heavy (non-hydrogen) atoms. The highest BCUT2D eigenvalue weighted by Gasteiger charge is 2.10. The third kappa shape index (κ3) is 4.41. The van der Waals surface area contributed by atoms with Crippen molar-refractivity contribution in [1.82, 2.24) is 10.0 Å². The van der Waals surface area contributed by atoms with E-state index in [1.807, 2.05) is 42.5 Å². The second kappa shape index (κ2) is 7.20. The smallest absolute Gasteiger partial charge is 0.251 e. The summed E-state index contributed by atoms with van der Waals surface area (Å²) >= 11 is 0.